The van der Waals surface area contributed by atoms with Gasteiger partial charge in [-0.25, -0.2) is 0 Å². The van der Waals surface area contributed by atoms with Gasteiger partial charge in [-0.15, -0.1) is 0 Å². The van der Waals surface area contributed by atoms with Crippen molar-refractivity contribution < 1.29 is 9.66 Å². The molecule has 0 radical (unpaired) electrons. The zero-order chi connectivity index (χ0) is 15.2. The minimum Gasteiger partial charge on any atom is -0.489 e. The fourth-order valence-corrected chi connectivity index (χ4v) is 2.10. The molecule has 2 aromatic rings. The fourth-order valence-electron chi connectivity index (χ4n) is 2.10. The smallest absolute Gasteiger partial charge is 0.272 e. The molecular weight excluding hydrogens is 268 g/mol. The summed E-state index contributed by atoms with van der Waals surface area (Å²) in [5, 5.41) is 10.9. The minimum absolute atomic E-state index is 0.120. The second kappa shape index (κ2) is 6.85. The van der Waals surface area contributed by atoms with Gasteiger partial charge in [-0.05, 0) is 43.1 Å². The van der Waals surface area contributed by atoms with E-state index in [1.807, 2.05) is 30.3 Å². The molecule has 0 unspecified atom stereocenters. The Hall–Kier alpha value is -2.40. The van der Waals surface area contributed by atoms with Gasteiger partial charge in [0, 0.05) is 11.6 Å². The first-order valence-corrected chi connectivity index (χ1v) is 6.76. The molecule has 5 nitrogen and oxygen atoms in total. The Morgan fingerprint density at radius 1 is 1.19 bits per heavy atom. The highest BCUT2D eigenvalue weighted by Crippen LogP contribution is 2.22. The van der Waals surface area contributed by atoms with Gasteiger partial charge in [0.05, 0.1) is 4.92 Å². The highest BCUT2D eigenvalue weighted by molar-refractivity contribution is 5.44. The van der Waals surface area contributed by atoms with Gasteiger partial charge >= 0.3 is 0 Å². The topological polar surface area (TPSA) is 78.4 Å². The van der Waals surface area contributed by atoms with Crippen LogP contribution in [0.25, 0.3) is 0 Å². The van der Waals surface area contributed by atoms with Crippen LogP contribution in [0.1, 0.15) is 16.7 Å². The van der Waals surface area contributed by atoms with E-state index in [1.165, 1.54) is 6.07 Å². The van der Waals surface area contributed by atoms with Crippen molar-refractivity contribution in [3.63, 3.8) is 0 Å². The lowest BCUT2D eigenvalue weighted by molar-refractivity contribution is -0.385. The van der Waals surface area contributed by atoms with E-state index in [-0.39, 0.29) is 10.6 Å². The largest absolute Gasteiger partial charge is 0.489 e. The molecule has 110 valence electrons. The Labute approximate surface area is 123 Å². The van der Waals surface area contributed by atoms with Gasteiger partial charge in [0.25, 0.3) is 5.69 Å². The minimum atomic E-state index is -0.375. The van der Waals surface area contributed by atoms with E-state index in [2.05, 4.69) is 0 Å². The van der Waals surface area contributed by atoms with Gasteiger partial charge in [-0.2, -0.15) is 0 Å². The number of nitro groups is 1. The maximum absolute atomic E-state index is 10.9. The molecule has 0 heterocycles. The molecule has 2 N–H and O–H groups in total. The molecule has 0 saturated heterocycles. The standard InChI is InChI=1S/C16H18N2O3/c1-12-14(3-2-4-16(12)18(19)20)11-21-15-7-5-13(6-8-15)9-10-17/h2-8H,9-11,17H2,1H3. The maximum Gasteiger partial charge on any atom is 0.272 e. The highest BCUT2D eigenvalue weighted by Gasteiger charge is 2.13. The van der Waals surface area contributed by atoms with Crippen molar-refractivity contribution in [1.29, 1.82) is 0 Å². The quantitative estimate of drug-likeness (QED) is 0.654. The molecule has 5 heteroatoms. The Balaban J connectivity index is 2.06. The Morgan fingerprint density at radius 3 is 2.52 bits per heavy atom. The molecule has 0 saturated carbocycles. The third-order valence-corrected chi connectivity index (χ3v) is 3.36. The molecule has 0 aromatic heterocycles. The van der Waals surface area contributed by atoms with Crippen LogP contribution in [-0.4, -0.2) is 11.5 Å². The van der Waals surface area contributed by atoms with Crippen molar-refractivity contribution in [3.8, 4) is 5.75 Å². The summed E-state index contributed by atoms with van der Waals surface area (Å²) in [6.07, 6.45) is 0.838. The van der Waals surface area contributed by atoms with E-state index in [0.29, 0.717) is 18.7 Å². The van der Waals surface area contributed by atoms with E-state index in [4.69, 9.17) is 10.5 Å². The van der Waals surface area contributed by atoms with Gasteiger partial charge in [0.15, 0.2) is 0 Å². The summed E-state index contributed by atoms with van der Waals surface area (Å²) in [6.45, 7) is 2.66. The average molecular weight is 286 g/mol. The van der Waals surface area contributed by atoms with E-state index in [9.17, 15) is 10.1 Å². The second-order valence-electron chi connectivity index (χ2n) is 4.79. The average Bonchev–Trinajstić information content (AvgIpc) is 2.48. The molecular formula is C16H18N2O3. The molecule has 0 atom stereocenters. The van der Waals surface area contributed by atoms with Crippen LogP contribution >= 0.6 is 0 Å². The number of nitrogens with two attached hydrogens (primary N) is 1. The van der Waals surface area contributed by atoms with E-state index in [1.54, 1.807) is 13.0 Å². The highest BCUT2D eigenvalue weighted by atomic mass is 16.6. The third kappa shape index (κ3) is 3.79. The van der Waals surface area contributed by atoms with Crippen LogP contribution in [0.3, 0.4) is 0 Å². The zero-order valence-corrected chi connectivity index (χ0v) is 11.9. The molecule has 0 amide bonds. The van der Waals surface area contributed by atoms with Crippen LogP contribution in [0.5, 0.6) is 5.75 Å². The van der Waals surface area contributed by atoms with Crippen molar-refractivity contribution in [1.82, 2.24) is 0 Å². The van der Waals surface area contributed by atoms with E-state index >= 15 is 0 Å². The first-order valence-electron chi connectivity index (χ1n) is 6.76. The molecule has 0 aliphatic rings. The molecule has 2 rings (SSSR count). The SMILES string of the molecule is Cc1c(COc2ccc(CCN)cc2)cccc1[N+](=O)[O-]. The molecule has 0 aliphatic heterocycles. The van der Waals surface area contributed by atoms with E-state index < -0.39 is 0 Å². The van der Waals surface area contributed by atoms with Gasteiger partial charge in [-0.1, -0.05) is 24.3 Å². The first-order chi connectivity index (χ1) is 10.1. The number of nitro benzene ring substituents is 1. The summed E-state index contributed by atoms with van der Waals surface area (Å²) in [5.74, 6) is 0.738. The van der Waals surface area contributed by atoms with Crippen LogP contribution < -0.4 is 10.5 Å². The van der Waals surface area contributed by atoms with Gasteiger partial charge in [-0.3, -0.25) is 10.1 Å². The molecule has 0 aliphatic carbocycles. The normalized spacial score (nSPS) is 10.4. The second-order valence-corrected chi connectivity index (χ2v) is 4.79. The predicted octanol–water partition coefficient (Wildman–Crippen LogP) is 2.98. The lowest BCUT2D eigenvalue weighted by atomic mass is 10.1. The van der Waals surface area contributed by atoms with Crippen LogP contribution in [-0.2, 0) is 13.0 Å². The maximum atomic E-state index is 10.9. The van der Waals surface area contributed by atoms with Crippen LogP contribution in [0.2, 0.25) is 0 Å². The Kier molecular flexibility index (Phi) is 4.90. The summed E-state index contributed by atoms with van der Waals surface area (Å²) in [4.78, 5) is 10.5. The lowest BCUT2D eigenvalue weighted by Crippen LogP contribution is -2.03. The molecule has 0 fully saturated rings. The van der Waals surface area contributed by atoms with Crippen molar-refractivity contribution in [2.45, 2.75) is 20.0 Å². The molecule has 0 spiro atoms. The summed E-state index contributed by atoms with van der Waals surface area (Å²) in [6, 6.07) is 12.7. The summed E-state index contributed by atoms with van der Waals surface area (Å²) >= 11 is 0. The number of benzene rings is 2. The zero-order valence-electron chi connectivity index (χ0n) is 11.9. The molecule has 2 aromatic carbocycles. The van der Waals surface area contributed by atoms with Gasteiger partial charge in [0.2, 0.25) is 0 Å². The monoisotopic (exact) mass is 286 g/mol. The van der Waals surface area contributed by atoms with Crippen molar-refractivity contribution in [2.24, 2.45) is 5.73 Å². The first kappa shape index (κ1) is 15.0. The number of nitrogens with zero attached hydrogens (tertiary/aromatic N) is 1. The third-order valence-electron chi connectivity index (χ3n) is 3.36. The number of hydrogen-bond acceptors (Lipinski definition) is 4. The van der Waals surface area contributed by atoms with Gasteiger partial charge < -0.3 is 10.5 Å². The summed E-state index contributed by atoms with van der Waals surface area (Å²) in [7, 11) is 0. The van der Waals surface area contributed by atoms with Crippen LogP contribution in [0, 0.1) is 17.0 Å². The van der Waals surface area contributed by atoms with E-state index in [0.717, 1.165) is 23.3 Å². The van der Waals surface area contributed by atoms with Crippen LogP contribution in [0.15, 0.2) is 42.5 Å². The lowest BCUT2D eigenvalue weighted by Gasteiger charge is -2.09. The number of hydrogen-bond donors (Lipinski definition) is 1. The Bertz CT molecular complexity index is 624. The van der Waals surface area contributed by atoms with Crippen LogP contribution in [0.4, 0.5) is 5.69 Å². The van der Waals surface area contributed by atoms with Gasteiger partial charge in [0.1, 0.15) is 12.4 Å². The number of ether oxygens (including phenoxy) is 1. The Morgan fingerprint density at radius 2 is 1.90 bits per heavy atom. The summed E-state index contributed by atoms with van der Waals surface area (Å²) in [5.41, 5.74) is 8.24. The predicted molar refractivity (Wildman–Crippen MR) is 81.4 cm³/mol. The fraction of sp³-hybridized carbons (Fsp3) is 0.250. The molecule has 0 bridgehead atoms. The van der Waals surface area contributed by atoms with Crippen molar-refractivity contribution in [2.75, 3.05) is 6.54 Å². The van der Waals surface area contributed by atoms with Crippen molar-refractivity contribution in [3.05, 3.63) is 69.3 Å². The number of rotatable bonds is 6. The summed E-state index contributed by atoms with van der Waals surface area (Å²) < 4.78 is 5.69. The molecule has 21 heavy (non-hydrogen) atoms. The van der Waals surface area contributed by atoms with Crippen molar-refractivity contribution >= 4 is 5.69 Å².